The lowest BCUT2D eigenvalue weighted by Crippen LogP contribution is -2.26. The van der Waals surface area contributed by atoms with Gasteiger partial charge >= 0.3 is 0 Å². The van der Waals surface area contributed by atoms with Crippen LogP contribution in [-0.2, 0) is 7.05 Å². The maximum absolute atomic E-state index is 13.1. The minimum atomic E-state index is -0.990. The number of ether oxygens (including phenoxy) is 1. The highest BCUT2D eigenvalue weighted by molar-refractivity contribution is 5.88. The quantitative estimate of drug-likeness (QED) is 0.722. The lowest BCUT2D eigenvalue weighted by molar-refractivity contribution is 0.117. The third-order valence-electron chi connectivity index (χ3n) is 3.50. The van der Waals surface area contributed by atoms with Crippen LogP contribution >= 0.6 is 0 Å². The molecule has 6 nitrogen and oxygen atoms in total. The molecule has 0 spiro atoms. The van der Waals surface area contributed by atoms with Crippen molar-refractivity contribution in [2.45, 2.75) is 6.10 Å². The van der Waals surface area contributed by atoms with E-state index in [1.54, 1.807) is 30.2 Å². The summed E-state index contributed by atoms with van der Waals surface area (Å²) in [5.41, 5.74) is 1.52. The Kier molecular flexibility index (Phi) is 4.57. The molecular formula is C16H16F2N4O2. The molecule has 1 atom stereocenters. The highest BCUT2D eigenvalue weighted by Crippen LogP contribution is 2.20. The fourth-order valence-corrected chi connectivity index (χ4v) is 2.25. The first-order valence-electron chi connectivity index (χ1n) is 7.31. The molecule has 2 aromatic heterocycles. The van der Waals surface area contributed by atoms with E-state index in [1.807, 2.05) is 0 Å². The molecule has 126 valence electrons. The van der Waals surface area contributed by atoms with E-state index >= 15 is 0 Å². The topological polar surface area (TPSA) is 72.2 Å². The Morgan fingerprint density at radius 3 is 2.92 bits per heavy atom. The number of rotatable bonds is 6. The molecule has 1 aromatic carbocycles. The van der Waals surface area contributed by atoms with Gasteiger partial charge in [0.2, 0.25) is 0 Å². The van der Waals surface area contributed by atoms with Crippen molar-refractivity contribution in [2.75, 3.05) is 18.5 Å². The fourth-order valence-electron chi connectivity index (χ4n) is 2.25. The maximum atomic E-state index is 13.1. The molecule has 0 radical (unpaired) electrons. The summed E-state index contributed by atoms with van der Waals surface area (Å²) >= 11 is 0. The molecule has 0 aliphatic carbocycles. The van der Waals surface area contributed by atoms with Gasteiger partial charge in [0.25, 0.3) is 0 Å². The van der Waals surface area contributed by atoms with Crippen LogP contribution in [0, 0.1) is 11.6 Å². The van der Waals surface area contributed by atoms with Crippen molar-refractivity contribution >= 4 is 16.7 Å². The van der Waals surface area contributed by atoms with Crippen molar-refractivity contribution in [1.82, 2.24) is 14.8 Å². The first-order chi connectivity index (χ1) is 11.5. The van der Waals surface area contributed by atoms with Crippen molar-refractivity contribution in [1.29, 1.82) is 0 Å². The van der Waals surface area contributed by atoms with Gasteiger partial charge in [-0.25, -0.2) is 13.8 Å². The highest BCUT2D eigenvalue weighted by Gasteiger charge is 2.10. The van der Waals surface area contributed by atoms with Gasteiger partial charge in [-0.2, -0.15) is 5.10 Å². The lowest BCUT2D eigenvalue weighted by Gasteiger charge is -2.14. The van der Waals surface area contributed by atoms with Crippen LogP contribution in [0.3, 0.4) is 0 Å². The third kappa shape index (κ3) is 3.43. The van der Waals surface area contributed by atoms with E-state index < -0.39 is 17.7 Å². The molecule has 0 saturated heterocycles. The maximum Gasteiger partial charge on any atom is 0.162 e. The molecule has 2 N–H and O–H groups in total. The van der Waals surface area contributed by atoms with Crippen molar-refractivity contribution < 1.29 is 18.6 Å². The molecule has 0 aliphatic rings. The van der Waals surface area contributed by atoms with Crippen LogP contribution in [0.25, 0.3) is 11.0 Å². The number of hydrogen-bond acceptors (Lipinski definition) is 5. The van der Waals surface area contributed by atoms with E-state index in [0.717, 1.165) is 28.9 Å². The summed E-state index contributed by atoms with van der Waals surface area (Å²) in [7, 11) is 1.80. The number of fused-ring (bicyclic) bond motifs is 1. The SMILES string of the molecule is Cn1ncc2c(NCC(O)COc3ccc(F)c(F)c3)ccnc21. The lowest BCUT2D eigenvalue weighted by atomic mass is 10.2. The van der Waals surface area contributed by atoms with Gasteiger partial charge in [-0.3, -0.25) is 4.68 Å². The zero-order chi connectivity index (χ0) is 17.1. The van der Waals surface area contributed by atoms with E-state index in [9.17, 15) is 13.9 Å². The average molecular weight is 334 g/mol. The van der Waals surface area contributed by atoms with E-state index in [1.165, 1.54) is 6.07 Å². The van der Waals surface area contributed by atoms with Gasteiger partial charge in [-0.05, 0) is 18.2 Å². The van der Waals surface area contributed by atoms with Crippen LogP contribution in [0.2, 0.25) is 0 Å². The predicted molar refractivity (Wildman–Crippen MR) is 84.9 cm³/mol. The number of halogens is 2. The molecule has 0 saturated carbocycles. The normalized spacial score (nSPS) is 12.3. The largest absolute Gasteiger partial charge is 0.491 e. The average Bonchev–Trinajstić information content (AvgIpc) is 2.96. The zero-order valence-corrected chi connectivity index (χ0v) is 12.9. The number of hydrogen-bond donors (Lipinski definition) is 2. The monoisotopic (exact) mass is 334 g/mol. The van der Waals surface area contributed by atoms with Gasteiger partial charge < -0.3 is 15.2 Å². The number of aliphatic hydroxyl groups is 1. The van der Waals surface area contributed by atoms with Crippen LogP contribution in [0.5, 0.6) is 5.75 Å². The van der Waals surface area contributed by atoms with E-state index in [-0.39, 0.29) is 18.9 Å². The Morgan fingerprint density at radius 2 is 2.12 bits per heavy atom. The van der Waals surface area contributed by atoms with Gasteiger partial charge in [-0.15, -0.1) is 0 Å². The van der Waals surface area contributed by atoms with E-state index in [4.69, 9.17) is 4.74 Å². The Bertz CT molecular complexity index is 853. The predicted octanol–water partition coefficient (Wildman–Crippen LogP) is 2.10. The number of benzene rings is 1. The summed E-state index contributed by atoms with van der Waals surface area (Å²) in [5.74, 6) is -1.77. The molecule has 24 heavy (non-hydrogen) atoms. The second-order valence-electron chi connectivity index (χ2n) is 5.29. The number of pyridine rings is 1. The second kappa shape index (κ2) is 6.79. The number of nitrogens with zero attached hydrogens (tertiary/aromatic N) is 3. The van der Waals surface area contributed by atoms with Gasteiger partial charge in [-0.1, -0.05) is 0 Å². The molecule has 8 heteroatoms. The van der Waals surface area contributed by atoms with Crippen molar-refractivity contribution in [3.8, 4) is 5.75 Å². The summed E-state index contributed by atoms with van der Waals surface area (Å²) in [6.45, 7) is 0.164. The molecule has 3 aromatic rings. The summed E-state index contributed by atoms with van der Waals surface area (Å²) < 4.78 is 32.8. The van der Waals surface area contributed by atoms with Gasteiger partial charge in [0.1, 0.15) is 18.5 Å². The number of anilines is 1. The molecule has 0 fully saturated rings. The van der Waals surface area contributed by atoms with E-state index in [0.29, 0.717) is 0 Å². The standard InChI is InChI=1S/C16H16F2N4O2/c1-22-16-12(8-21-22)15(4-5-19-16)20-7-10(23)9-24-11-2-3-13(17)14(18)6-11/h2-6,8,10,23H,7,9H2,1H3,(H,19,20). The van der Waals surface area contributed by atoms with Crippen LogP contribution in [0.15, 0.2) is 36.7 Å². The molecule has 0 bridgehead atoms. The first kappa shape index (κ1) is 16.1. The Hall–Kier alpha value is -2.74. The minimum Gasteiger partial charge on any atom is -0.491 e. The Balaban J connectivity index is 1.57. The van der Waals surface area contributed by atoms with Crippen molar-refractivity contribution in [3.05, 3.63) is 48.3 Å². The summed E-state index contributed by atoms with van der Waals surface area (Å²) in [4.78, 5) is 4.23. The van der Waals surface area contributed by atoms with Gasteiger partial charge in [0, 0.05) is 31.5 Å². The van der Waals surface area contributed by atoms with Crippen LogP contribution in [0.1, 0.15) is 0 Å². The number of nitrogens with one attached hydrogen (secondary N) is 1. The van der Waals surface area contributed by atoms with Gasteiger partial charge in [0.05, 0.1) is 11.6 Å². The number of aliphatic hydroxyl groups excluding tert-OH is 1. The molecule has 1 unspecified atom stereocenters. The van der Waals surface area contributed by atoms with Crippen molar-refractivity contribution in [3.63, 3.8) is 0 Å². The number of aryl methyl sites for hydroxylation is 1. The van der Waals surface area contributed by atoms with Crippen LogP contribution in [0.4, 0.5) is 14.5 Å². The van der Waals surface area contributed by atoms with Gasteiger partial charge in [0.15, 0.2) is 17.3 Å². The molecule has 3 rings (SSSR count). The highest BCUT2D eigenvalue weighted by atomic mass is 19.2. The second-order valence-corrected chi connectivity index (χ2v) is 5.29. The summed E-state index contributed by atoms with van der Waals surface area (Å²) in [6.07, 6.45) is 2.50. The third-order valence-corrected chi connectivity index (χ3v) is 3.50. The Morgan fingerprint density at radius 1 is 1.29 bits per heavy atom. The summed E-state index contributed by atoms with van der Waals surface area (Å²) in [6, 6.07) is 5.01. The molecular weight excluding hydrogens is 318 g/mol. The molecule has 0 aliphatic heterocycles. The first-order valence-corrected chi connectivity index (χ1v) is 7.31. The Labute approximate surface area is 136 Å². The summed E-state index contributed by atoms with van der Waals surface area (Å²) in [5, 5.41) is 18.1. The van der Waals surface area contributed by atoms with Crippen LogP contribution in [-0.4, -0.2) is 39.1 Å². The van der Waals surface area contributed by atoms with Crippen LogP contribution < -0.4 is 10.1 Å². The van der Waals surface area contributed by atoms with E-state index in [2.05, 4.69) is 15.4 Å². The number of aromatic nitrogens is 3. The zero-order valence-electron chi connectivity index (χ0n) is 12.9. The smallest absolute Gasteiger partial charge is 0.162 e. The minimum absolute atomic E-state index is 0.0562. The molecule has 0 amide bonds. The van der Waals surface area contributed by atoms with Crippen molar-refractivity contribution in [2.24, 2.45) is 7.05 Å². The fraction of sp³-hybridized carbons (Fsp3) is 0.250. The molecule has 2 heterocycles.